The maximum absolute atomic E-state index is 11.9. The molecule has 1 aliphatic heterocycles. The average Bonchev–Trinajstić information content (AvgIpc) is 2.47. The first-order valence-corrected chi connectivity index (χ1v) is 7.15. The highest BCUT2D eigenvalue weighted by atomic mass is 16.5. The van der Waals surface area contributed by atoms with Crippen LogP contribution in [0.5, 0.6) is 0 Å². The first-order valence-electron chi connectivity index (χ1n) is 7.15. The molecule has 0 bridgehead atoms. The highest BCUT2D eigenvalue weighted by Crippen LogP contribution is 2.10. The third-order valence-corrected chi connectivity index (χ3v) is 3.37. The van der Waals surface area contributed by atoms with Crippen molar-refractivity contribution in [3.8, 4) is 0 Å². The predicted octanol–water partition coefficient (Wildman–Crippen LogP) is 0.0410. The van der Waals surface area contributed by atoms with Crippen molar-refractivity contribution in [3.63, 3.8) is 0 Å². The lowest BCUT2D eigenvalue weighted by Crippen LogP contribution is -2.52. The second-order valence-corrected chi connectivity index (χ2v) is 4.96. The number of piperidine rings is 1. The Hall–Kier alpha value is -1.99. The molecule has 0 aromatic carbocycles. The second-order valence-electron chi connectivity index (χ2n) is 4.96. The Labute approximate surface area is 124 Å². The van der Waals surface area contributed by atoms with E-state index in [-0.39, 0.29) is 18.0 Å². The number of nitrogens with zero attached hydrogens (tertiary/aromatic N) is 1. The van der Waals surface area contributed by atoms with Gasteiger partial charge in [-0.25, -0.2) is 9.59 Å². The molecular weight excluding hydrogens is 276 g/mol. The smallest absolute Gasteiger partial charge is 0.407 e. The van der Waals surface area contributed by atoms with Crippen LogP contribution in [0.15, 0.2) is 0 Å². The largest absolute Gasteiger partial charge is 0.453 e. The van der Waals surface area contributed by atoms with E-state index in [9.17, 15) is 14.4 Å². The van der Waals surface area contributed by atoms with E-state index < -0.39 is 12.1 Å². The molecule has 120 valence electrons. The molecule has 0 aliphatic carbocycles. The molecule has 1 heterocycles. The zero-order chi connectivity index (χ0) is 15.8. The number of urea groups is 1. The third kappa shape index (κ3) is 5.49. The number of methoxy groups -OCH3 is 1. The van der Waals surface area contributed by atoms with E-state index in [0.717, 1.165) is 0 Å². The van der Waals surface area contributed by atoms with Crippen LogP contribution in [0, 0.1) is 0 Å². The molecule has 1 atom stereocenters. The number of rotatable bonds is 4. The predicted molar refractivity (Wildman–Crippen MR) is 76.8 cm³/mol. The molecule has 1 rings (SSSR count). The fourth-order valence-electron chi connectivity index (χ4n) is 2.12. The Morgan fingerprint density at radius 2 is 1.90 bits per heavy atom. The molecule has 0 spiro atoms. The van der Waals surface area contributed by atoms with Crippen molar-refractivity contribution in [2.75, 3.05) is 26.7 Å². The van der Waals surface area contributed by atoms with Gasteiger partial charge >= 0.3 is 12.1 Å². The molecule has 0 aromatic heterocycles. The van der Waals surface area contributed by atoms with Crippen LogP contribution in [0.1, 0.15) is 26.7 Å². The SMILES string of the molecule is CCNC(=O)N1CCC(NC(=O)C(C)NC(=O)OC)CC1. The summed E-state index contributed by atoms with van der Waals surface area (Å²) in [7, 11) is 1.25. The summed E-state index contributed by atoms with van der Waals surface area (Å²) >= 11 is 0. The lowest BCUT2D eigenvalue weighted by molar-refractivity contribution is -0.123. The van der Waals surface area contributed by atoms with Crippen LogP contribution in [0.25, 0.3) is 0 Å². The minimum atomic E-state index is -0.654. The Morgan fingerprint density at radius 3 is 2.43 bits per heavy atom. The third-order valence-electron chi connectivity index (χ3n) is 3.37. The Balaban J connectivity index is 2.33. The van der Waals surface area contributed by atoms with Crippen LogP contribution in [0.2, 0.25) is 0 Å². The molecule has 8 heteroatoms. The van der Waals surface area contributed by atoms with Gasteiger partial charge in [0.15, 0.2) is 0 Å². The number of hydrogen-bond donors (Lipinski definition) is 3. The first kappa shape index (κ1) is 17.1. The monoisotopic (exact) mass is 300 g/mol. The second kappa shape index (κ2) is 8.33. The van der Waals surface area contributed by atoms with Gasteiger partial charge in [0.25, 0.3) is 0 Å². The summed E-state index contributed by atoms with van der Waals surface area (Å²) in [6.07, 6.45) is 0.769. The van der Waals surface area contributed by atoms with E-state index in [2.05, 4.69) is 20.7 Å². The van der Waals surface area contributed by atoms with Crippen LogP contribution in [-0.2, 0) is 9.53 Å². The van der Waals surface area contributed by atoms with E-state index in [1.54, 1.807) is 11.8 Å². The van der Waals surface area contributed by atoms with Crippen LogP contribution >= 0.6 is 0 Å². The lowest BCUT2D eigenvalue weighted by atomic mass is 10.0. The van der Waals surface area contributed by atoms with Crippen molar-refractivity contribution < 1.29 is 19.1 Å². The summed E-state index contributed by atoms with van der Waals surface area (Å²) < 4.78 is 4.44. The summed E-state index contributed by atoms with van der Waals surface area (Å²) in [6.45, 7) is 5.29. The fraction of sp³-hybridized carbons (Fsp3) is 0.769. The van der Waals surface area contributed by atoms with Crippen molar-refractivity contribution in [2.24, 2.45) is 0 Å². The summed E-state index contributed by atoms with van der Waals surface area (Å²) in [5.41, 5.74) is 0. The molecule has 1 saturated heterocycles. The standard InChI is InChI=1S/C13H24N4O4/c1-4-14-12(19)17-7-5-10(6-8-17)16-11(18)9(2)15-13(20)21-3/h9-10H,4-8H2,1-3H3,(H,14,19)(H,15,20)(H,16,18). The van der Waals surface area contributed by atoms with E-state index in [4.69, 9.17) is 0 Å². The first-order chi connectivity index (χ1) is 9.97. The summed E-state index contributed by atoms with van der Waals surface area (Å²) in [4.78, 5) is 36.3. The van der Waals surface area contributed by atoms with Crippen molar-refractivity contribution in [3.05, 3.63) is 0 Å². The molecule has 21 heavy (non-hydrogen) atoms. The molecule has 4 amide bonds. The minimum Gasteiger partial charge on any atom is -0.453 e. The Bertz CT molecular complexity index is 380. The number of hydrogen-bond acceptors (Lipinski definition) is 4. The van der Waals surface area contributed by atoms with Gasteiger partial charge in [0, 0.05) is 25.7 Å². The Morgan fingerprint density at radius 1 is 1.29 bits per heavy atom. The summed E-state index contributed by atoms with van der Waals surface area (Å²) in [6, 6.07) is -0.702. The number of ether oxygens (including phenoxy) is 1. The van der Waals surface area contributed by atoms with E-state index in [1.165, 1.54) is 7.11 Å². The highest BCUT2D eigenvalue weighted by molar-refractivity contribution is 5.85. The average molecular weight is 300 g/mol. The van der Waals surface area contributed by atoms with Crippen LogP contribution in [-0.4, -0.2) is 61.8 Å². The molecule has 8 nitrogen and oxygen atoms in total. The molecule has 3 N–H and O–H groups in total. The zero-order valence-electron chi connectivity index (χ0n) is 12.8. The van der Waals surface area contributed by atoms with Crippen molar-refractivity contribution >= 4 is 18.0 Å². The van der Waals surface area contributed by atoms with E-state index in [1.807, 2.05) is 6.92 Å². The van der Waals surface area contributed by atoms with Gasteiger partial charge in [-0.1, -0.05) is 0 Å². The number of amides is 4. The van der Waals surface area contributed by atoms with E-state index in [0.29, 0.717) is 32.5 Å². The maximum Gasteiger partial charge on any atom is 0.407 e. The number of alkyl carbamates (subject to hydrolysis) is 1. The van der Waals surface area contributed by atoms with Crippen molar-refractivity contribution in [1.82, 2.24) is 20.9 Å². The summed E-state index contributed by atoms with van der Waals surface area (Å²) in [5, 5.41) is 8.04. The Kier molecular flexibility index (Phi) is 6.77. The molecule has 1 fully saturated rings. The molecule has 0 aromatic rings. The van der Waals surface area contributed by atoms with Crippen LogP contribution in [0.3, 0.4) is 0 Å². The fourth-order valence-corrected chi connectivity index (χ4v) is 2.12. The van der Waals surface area contributed by atoms with Gasteiger partial charge in [0.05, 0.1) is 7.11 Å². The maximum atomic E-state index is 11.9. The molecule has 1 unspecified atom stereocenters. The number of likely N-dealkylation sites (tertiary alicyclic amines) is 1. The van der Waals surface area contributed by atoms with Crippen molar-refractivity contribution in [2.45, 2.75) is 38.8 Å². The van der Waals surface area contributed by atoms with Gasteiger partial charge in [-0.15, -0.1) is 0 Å². The van der Waals surface area contributed by atoms with Gasteiger partial charge in [-0.3, -0.25) is 4.79 Å². The van der Waals surface area contributed by atoms with Gasteiger partial charge in [-0.2, -0.15) is 0 Å². The van der Waals surface area contributed by atoms with Gasteiger partial charge in [0.2, 0.25) is 5.91 Å². The van der Waals surface area contributed by atoms with Gasteiger partial charge in [-0.05, 0) is 26.7 Å². The normalized spacial score (nSPS) is 16.8. The number of carbonyl (C=O) groups excluding carboxylic acids is 3. The minimum absolute atomic E-state index is 0.0186. The van der Waals surface area contributed by atoms with Crippen LogP contribution < -0.4 is 16.0 Å². The quantitative estimate of drug-likeness (QED) is 0.682. The summed E-state index contributed by atoms with van der Waals surface area (Å²) in [5.74, 6) is -0.253. The zero-order valence-corrected chi connectivity index (χ0v) is 12.8. The van der Waals surface area contributed by atoms with Gasteiger partial charge < -0.3 is 25.6 Å². The van der Waals surface area contributed by atoms with Gasteiger partial charge in [0.1, 0.15) is 6.04 Å². The molecular formula is C13H24N4O4. The van der Waals surface area contributed by atoms with Crippen molar-refractivity contribution in [1.29, 1.82) is 0 Å². The lowest BCUT2D eigenvalue weighted by Gasteiger charge is -2.32. The number of nitrogens with one attached hydrogen (secondary N) is 3. The topological polar surface area (TPSA) is 99.8 Å². The van der Waals surface area contributed by atoms with Crippen LogP contribution in [0.4, 0.5) is 9.59 Å². The molecule has 0 radical (unpaired) electrons. The highest BCUT2D eigenvalue weighted by Gasteiger charge is 2.25. The molecule has 0 saturated carbocycles. The molecule has 1 aliphatic rings. The van der Waals surface area contributed by atoms with E-state index >= 15 is 0 Å². The number of carbonyl (C=O) groups is 3.